The van der Waals surface area contributed by atoms with Crippen molar-refractivity contribution in [2.45, 2.75) is 19.2 Å². The van der Waals surface area contributed by atoms with Gasteiger partial charge in [0.2, 0.25) is 0 Å². The molecule has 0 aliphatic carbocycles. The zero-order valence-electron chi connectivity index (χ0n) is 11.1. The van der Waals surface area contributed by atoms with Crippen LogP contribution in [0.15, 0.2) is 30.5 Å². The molecule has 0 radical (unpaired) electrons. The van der Waals surface area contributed by atoms with E-state index in [1.165, 1.54) is 5.56 Å². The van der Waals surface area contributed by atoms with Gasteiger partial charge in [0.15, 0.2) is 5.82 Å². The van der Waals surface area contributed by atoms with Crippen molar-refractivity contribution in [2.75, 3.05) is 0 Å². The Morgan fingerprint density at radius 3 is 2.68 bits per heavy atom. The quantitative estimate of drug-likeness (QED) is 0.672. The van der Waals surface area contributed by atoms with Crippen LogP contribution in [0.25, 0.3) is 16.9 Å². The van der Waals surface area contributed by atoms with Crippen molar-refractivity contribution in [3.05, 3.63) is 41.9 Å². The lowest BCUT2D eigenvalue weighted by Gasteiger charge is -2.07. The number of hydrogen-bond donors (Lipinski definition) is 0. The van der Waals surface area contributed by atoms with Gasteiger partial charge in [-0.05, 0) is 31.5 Å². The van der Waals surface area contributed by atoms with Crippen LogP contribution in [0.1, 0.15) is 23.7 Å². The predicted molar refractivity (Wildman–Crippen MR) is 76.8 cm³/mol. The third kappa shape index (κ3) is 2.02. The van der Waals surface area contributed by atoms with Gasteiger partial charge in [-0.2, -0.15) is 5.10 Å². The Labute approximate surface area is 116 Å². The molecule has 2 heterocycles. The summed E-state index contributed by atoms with van der Waals surface area (Å²) in [5.74, 6) is 1.67. The average molecular weight is 275 g/mol. The summed E-state index contributed by atoms with van der Waals surface area (Å²) in [6.45, 7) is 3.99. The molecule has 0 aliphatic rings. The van der Waals surface area contributed by atoms with Crippen molar-refractivity contribution >= 4 is 22.6 Å². The van der Waals surface area contributed by atoms with Gasteiger partial charge in [0.25, 0.3) is 0 Å². The summed E-state index contributed by atoms with van der Waals surface area (Å²) in [5, 5.41) is 4.29. The first-order chi connectivity index (χ1) is 9.06. The van der Waals surface area contributed by atoms with E-state index in [1.54, 1.807) is 4.68 Å². The molecule has 0 saturated carbocycles. The Balaban J connectivity index is 2.35. The Bertz CT molecular complexity index is 739. The molecular formula is C14H15ClN4. The minimum absolute atomic E-state index is 0.172. The van der Waals surface area contributed by atoms with Gasteiger partial charge in [-0.1, -0.05) is 6.07 Å². The Hall–Kier alpha value is -1.81. The molecule has 0 saturated heterocycles. The molecular weight excluding hydrogens is 260 g/mol. The van der Waals surface area contributed by atoms with Gasteiger partial charge in [-0.25, -0.2) is 4.98 Å². The highest BCUT2D eigenvalue weighted by Crippen LogP contribution is 2.27. The number of rotatable bonds is 2. The molecule has 4 nitrogen and oxygen atoms in total. The van der Waals surface area contributed by atoms with Crippen LogP contribution in [-0.4, -0.2) is 19.3 Å². The summed E-state index contributed by atoms with van der Waals surface area (Å²) >= 11 is 6.26. The molecule has 3 aromatic rings. The van der Waals surface area contributed by atoms with E-state index < -0.39 is 0 Å². The van der Waals surface area contributed by atoms with Crippen LogP contribution in [0.5, 0.6) is 0 Å². The lowest BCUT2D eigenvalue weighted by molar-refractivity contribution is 0.744. The van der Waals surface area contributed by atoms with E-state index in [9.17, 15) is 0 Å². The van der Waals surface area contributed by atoms with E-state index in [0.29, 0.717) is 0 Å². The smallest absolute Gasteiger partial charge is 0.160 e. The second-order valence-corrected chi connectivity index (χ2v) is 5.42. The van der Waals surface area contributed by atoms with Crippen LogP contribution in [0.2, 0.25) is 0 Å². The molecule has 2 aromatic heterocycles. The maximum atomic E-state index is 6.26. The first-order valence-electron chi connectivity index (χ1n) is 6.19. The molecule has 5 heteroatoms. The zero-order valence-corrected chi connectivity index (χ0v) is 11.9. The van der Waals surface area contributed by atoms with Crippen LogP contribution >= 0.6 is 11.6 Å². The van der Waals surface area contributed by atoms with Gasteiger partial charge in [-0.3, -0.25) is 9.25 Å². The summed E-state index contributed by atoms with van der Waals surface area (Å²) in [6, 6.07) is 8.15. The van der Waals surface area contributed by atoms with E-state index in [1.807, 2.05) is 36.9 Å². The second-order valence-electron chi connectivity index (χ2n) is 4.76. The minimum atomic E-state index is -0.172. The van der Waals surface area contributed by atoms with Crippen LogP contribution < -0.4 is 0 Å². The first kappa shape index (κ1) is 12.2. The average Bonchev–Trinajstić information content (AvgIpc) is 2.92. The van der Waals surface area contributed by atoms with Crippen LogP contribution in [0.3, 0.4) is 0 Å². The topological polar surface area (TPSA) is 35.6 Å². The van der Waals surface area contributed by atoms with Crippen molar-refractivity contribution in [1.82, 2.24) is 19.3 Å². The van der Waals surface area contributed by atoms with Gasteiger partial charge in [0.05, 0.1) is 16.4 Å². The van der Waals surface area contributed by atoms with Crippen molar-refractivity contribution in [3.8, 4) is 5.82 Å². The van der Waals surface area contributed by atoms with Crippen molar-refractivity contribution < 1.29 is 0 Å². The number of aromatic nitrogens is 4. The highest BCUT2D eigenvalue weighted by Gasteiger charge is 2.17. The fourth-order valence-corrected chi connectivity index (χ4v) is 2.38. The van der Waals surface area contributed by atoms with E-state index in [4.69, 9.17) is 11.6 Å². The molecule has 1 aromatic carbocycles. The number of imidazole rings is 1. The number of hydrogen-bond acceptors (Lipinski definition) is 2. The monoisotopic (exact) mass is 274 g/mol. The van der Waals surface area contributed by atoms with Crippen molar-refractivity contribution in [1.29, 1.82) is 0 Å². The van der Waals surface area contributed by atoms with E-state index in [-0.39, 0.29) is 5.38 Å². The maximum absolute atomic E-state index is 6.26. The number of aryl methyl sites for hydroxylation is 2. The van der Waals surface area contributed by atoms with Gasteiger partial charge in [0.1, 0.15) is 5.82 Å². The summed E-state index contributed by atoms with van der Waals surface area (Å²) in [4.78, 5) is 4.62. The predicted octanol–water partition coefficient (Wildman–Crippen LogP) is 3.37. The molecule has 0 fully saturated rings. The molecule has 98 valence electrons. The van der Waals surface area contributed by atoms with Gasteiger partial charge in [0, 0.05) is 19.3 Å². The van der Waals surface area contributed by atoms with Gasteiger partial charge in [-0.15, -0.1) is 11.6 Å². The first-order valence-corrected chi connectivity index (χ1v) is 6.63. The van der Waals surface area contributed by atoms with E-state index in [2.05, 4.69) is 29.1 Å². The van der Waals surface area contributed by atoms with Crippen LogP contribution in [0.4, 0.5) is 0 Å². The van der Waals surface area contributed by atoms with Crippen molar-refractivity contribution in [3.63, 3.8) is 0 Å². The number of alkyl halides is 1. The fourth-order valence-electron chi connectivity index (χ4n) is 2.23. The van der Waals surface area contributed by atoms with Crippen LogP contribution in [0, 0.1) is 6.92 Å². The molecule has 19 heavy (non-hydrogen) atoms. The SMILES string of the molecule is Cc1ccc2nc(C(C)Cl)n(-c3ccn(C)n3)c2c1. The number of benzene rings is 1. The lowest BCUT2D eigenvalue weighted by Crippen LogP contribution is -2.03. The van der Waals surface area contributed by atoms with Gasteiger partial charge >= 0.3 is 0 Å². The fraction of sp³-hybridized carbons (Fsp3) is 0.286. The maximum Gasteiger partial charge on any atom is 0.160 e. The highest BCUT2D eigenvalue weighted by atomic mass is 35.5. The summed E-state index contributed by atoms with van der Waals surface area (Å²) in [6.07, 6.45) is 1.92. The summed E-state index contributed by atoms with van der Waals surface area (Å²) < 4.78 is 3.81. The third-order valence-corrected chi connectivity index (χ3v) is 3.32. The second kappa shape index (κ2) is 4.38. The van der Waals surface area contributed by atoms with Crippen LogP contribution in [-0.2, 0) is 7.05 Å². The largest absolute Gasteiger partial charge is 0.278 e. The molecule has 0 spiro atoms. The van der Waals surface area contributed by atoms with E-state index in [0.717, 1.165) is 22.7 Å². The zero-order chi connectivity index (χ0) is 13.6. The molecule has 0 amide bonds. The molecule has 0 bridgehead atoms. The summed E-state index contributed by atoms with van der Waals surface area (Å²) in [7, 11) is 1.90. The highest BCUT2D eigenvalue weighted by molar-refractivity contribution is 6.20. The Kier molecular flexibility index (Phi) is 2.82. The third-order valence-electron chi connectivity index (χ3n) is 3.12. The Morgan fingerprint density at radius 2 is 2.05 bits per heavy atom. The Morgan fingerprint density at radius 1 is 1.26 bits per heavy atom. The molecule has 1 atom stereocenters. The number of nitrogens with zero attached hydrogens (tertiary/aromatic N) is 4. The minimum Gasteiger partial charge on any atom is -0.278 e. The molecule has 1 unspecified atom stereocenters. The molecule has 0 aliphatic heterocycles. The summed E-state index contributed by atoms with van der Waals surface area (Å²) in [5.41, 5.74) is 3.18. The standard InChI is InChI=1S/C14H15ClN4/c1-9-4-5-11-12(8-9)19(14(16-11)10(2)15)13-6-7-18(3)17-13/h4-8,10H,1-3H3. The molecule has 0 N–H and O–H groups in total. The van der Waals surface area contributed by atoms with E-state index >= 15 is 0 Å². The molecule has 3 rings (SSSR count). The number of halogens is 1. The number of fused-ring (bicyclic) bond motifs is 1. The lowest BCUT2D eigenvalue weighted by atomic mass is 10.2. The van der Waals surface area contributed by atoms with Gasteiger partial charge < -0.3 is 0 Å². The van der Waals surface area contributed by atoms with Crippen molar-refractivity contribution in [2.24, 2.45) is 7.05 Å². The normalized spacial score (nSPS) is 13.1.